The van der Waals surface area contributed by atoms with Gasteiger partial charge in [0.1, 0.15) is 0 Å². The molecule has 1 heterocycles. The number of rotatable bonds is 6. The van der Waals surface area contributed by atoms with Gasteiger partial charge in [0.05, 0.1) is 5.41 Å². The first-order valence-electron chi connectivity index (χ1n) is 8.69. The normalized spacial score (nSPS) is 26.7. The Morgan fingerprint density at radius 3 is 2.32 bits per heavy atom. The fourth-order valence-corrected chi connectivity index (χ4v) is 4.15. The molecule has 0 aromatic carbocycles. The zero-order valence-corrected chi connectivity index (χ0v) is 14.8. The number of carbonyl (C=O) groups excluding carboxylic acids is 2. The van der Waals surface area contributed by atoms with E-state index in [9.17, 15) is 9.59 Å². The van der Waals surface area contributed by atoms with Gasteiger partial charge in [-0.2, -0.15) is 0 Å². The van der Waals surface area contributed by atoms with E-state index in [-0.39, 0.29) is 29.6 Å². The van der Waals surface area contributed by atoms with Crippen molar-refractivity contribution in [2.24, 2.45) is 11.3 Å². The molecule has 1 atom stereocenters. The minimum Gasteiger partial charge on any atom is -0.304 e. The third-order valence-electron chi connectivity index (χ3n) is 5.66. The van der Waals surface area contributed by atoms with Crippen LogP contribution in [0.4, 0.5) is 0 Å². The number of nitrogens with one attached hydrogen (secondary N) is 1. The van der Waals surface area contributed by atoms with E-state index >= 15 is 0 Å². The van der Waals surface area contributed by atoms with Crippen molar-refractivity contribution in [1.29, 1.82) is 0 Å². The predicted molar refractivity (Wildman–Crippen MR) is 91.0 cm³/mol. The van der Waals surface area contributed by atoms with Gasteiger partial charge in [0.25, 0.3) is 0 Å². The molecule has 0 spiro atoms. The molecule has 2 fully saturated rings. The largest absolute Gasteiger partial charge is 0.304 e. The van der Waals surface area contributed by atoms with E-state index in [1.54, 1.807) is 0 Å². The lowest BCUT2D eigenvalue weighted by molar-refractivity contribution is -0.146. The summed E-state index contributed by atoms with van der Waals surface area (Å²) < 4.78 is 0. The molecule has 1 aliphatic carbocycles. The van der Waals surface area contributed by atoms with Gasteiger partial charge in [-0.05, 0) is 51.2 Å². The van der Waals surface area contributed by atoms with Crippen LogP contribution in [0.1, 0.15) is 65.2 Å². The van der Waals surface area contributed by atoms with Crippen LogP contribution in [0.5, 0.6) is 0 Å². The maximum absolute atomic E-state index is 12.7. The van der Waals surface area contributed by atoms with Crippen LogP contribution in [-0.2, 0) is 9.59 Å². The number of hydrogen-bond acceptors (Lipinski definition) is 3. The second-order valence-electron chi connectivity index (χ2n) is 6.65. The Labute approximate surface area is 140 Å². The Balaban J connectivity index is 0.00000242. The first-order chi connectivity index (χ1) is 10.1. The van der Waals surface area contributed by atoms with Gasteiger partial charge in [-0.1, -0.05) is 33.1 Å². The van der Waals surface area contributed by atoms with Gasteiger partial charge < -0.3 is 4.90 Å². The van der Waals surface area contributed by atoms with Crippen LogP contribution in [-0.4, -0.2) is 36.3 Å². The second kappa shape index (κ2) is 8.88. The molecule has 2 rings (SSSR count). The van der Waals surface area contributed by atoms with E-state index < -0.39 is 0 Å². The molecule has 0 radical (unpaired) electrons. The van der Waals surface area contributed by atoms with E-state index in [0.29, 0.717) is 12.3 Å². The third-order valence-corrected chi connectivity index (χ3v) is 5.66. The summed E-state index contributed by atoms with van der Waals surface area (Å²) >= 11 is 0. The van der Waals surface area contributed by atoms with E-state index in [1.807, 2.05) is 0 Å². The highest BCUT2D eigenvalue weighted by atomic mass is 35.5. The van der Waals surface area contributed by atoms with Crippen molar-refractivity contribution in [2.75, 3.05) is 19.6 Å². The Bertz CT molecular complexity index is 379. The highest BCUT2D eigenvalue weighted by Gasteiger charge is 2.48. The lowest BCUT2D eigenvalue weighted by atomic mass is 9.63. The summed E-state index contributed by atoms with van der Waals surface area (Å²) in [6, 6.07) is 0. The van der Waals surface area contributed by atoms with Gasteiger partial charge in [-0.15, -0.1) is 12.4 Å². The molecule has 0 aromatic heterocycles. The number of carbonyl (C=O) groups is 2. The molecule has 5 heteroatoms. The molecule has 2 amide bonds. The Morgan fingerprint density at radius 1 is 1.14 bits per heavy atom. The number of nitrogens with zero attached hydrogens (tertiary/aromatic N) is 1. The lowest BCUT2D eigenvalue weighted by Gasteiger charge is -2.44. The Morgan fingerprint density at radius 2 is 1.77 bits per heavy atom. The summed E-state index contributed by atoms with van der Waals surface area (Å²) in [5, 5.41) is 2.63. The highest BCUT2D eigenvalue weighted by molar-refractivity contribution is 6.00. The number of piperidine rings is 1. The standard InChI is InChI=1S/C17H30N2O2.ClH/c1-3-19(4-2)13-12-17(14-8-6-5-7-9-14)11-10-15(20)18-16(17)21;/h14H,3-13H2,1-2H3,(H,18,20,21);1H. The van der Waals surface area contributed by atoms with Gasteiger partial charge in [0.2, 0.25) is 11.8 Å². The quantitative estimate of drug-likeness (QED) is 0.761. The predicted octanol–water partition coefficient (Wildman–Crippen LogP) is 3.14. The van der Waals surface area contributed by atoms with Crippen molar-refractivity contribution >= 4 is 24.2 Å². The fraction of sp³-hybridized carbons (Fsp3) is 0.882. The summed E-state index contributed by atoms with van der Waals surface area (Å²) in [6.45, 7) is 7.35. The number of amides is 2. The second-order valence-corrected chi connectivity index (χ2v) is 6.65. The van der Waals surface area contributed by atoms with Gasteiger partial charge in [-0.25, -0.2) is 0 Å². The minimum atomic E-state index is -0.295. The maximum Gasteiger partial charge on any atom is 0.233 e. The van der Waals surface area contributed by atoms with Crippen molar-refractivity contribution < 1.29 is 9.59 Å². The van der Waals surface area contributed by atoms with Gasteiger partial charge >= 0.3 is 0 Å². The fourth-order valence-electron chi connectivity index (χ4n) is 4.15. The van der Waals surface area contributed by atoms with Gasteiger partial charge in [0.15, 0.2) is 0 Å². The Kier molecular flexibility index (Phi) is 7.84. The molecule has 0 aromatic rings. The summed E-state index contributed by atoms with van der Waals surface area (Å²) in [5.41, 5.74) is -0.295. The molecule has 2 aliphatic rings. The van der Waals surface area contributed by atoms with Crippen LogP contribution in [0.25, 0.3) is 0 Å². The molecule has 4 nitrogen and oxygen atoms in total. The molecular formula is C17H31ClN2O2. The molecule has 22 heavy (non-hydrogen) atoms. The molecule has 0 bridgehead atoms. The molecular weight excluding hydrogens is 300 g/mol. The van der Waals surface area contributed by atoms with Crippen molar-refractivity contribution in [3.63, 3.8) is 0 Å². The molecule has 1 unspecified atom stereocenters. The smallest absolute Gasteiger partial charge is 0.233 e. The van der Waals surface area contributed by atoms with E-state index in [2.05, 4.69) is 24.1 Å². The van der Waals surface area contributed by atoms with Crippen molar-refractivity contribution in [2.45, 2.75) is 65.2 Å². The molecule has 1 saturated heterocycles. The zero-order chi connectivity index (χ0) is 15.3. The third kappa shape index (κ3) is 4.23. The summed E-state index contributed by atoms with van der Waals surface area (Å²) in [6.07, 6.45) is 8.24. The van der Waals surface area contributed by atoms with Crippen LogP contribution >= 0.6 is 12.4 Å². The molecule has 1 aliphatic heterocycles. The van der Waals surface area contributed by atoms with E-state index in [0.717, 1.165) is 45.3 Å². The van der Waals surface area contributed by atoms with E-state index in [4.69, 9.17) is 0 Å². The van der Waals surface area contributed by atoms with Crippen molar-refractivity contribution in [1.82, 2.24) is 10.2 Å². The van der Waals surface area contributed by atoms with Gasteiger partial charge in [0, 0.05) is 6.42 Å². The van der Waals surface area contributed by atoms with Crippen LogP contribution < -0.4 is 5.32 Å². The van der Waals surface area contributed by atoms with Crippen LogP contribution in [0.3, 0.4) is 0 Å². The Hall–Kier alpha value is -0.610. The molecule has 128 valence electrons. The molecule has 1 saturated carbocycles. The van der Waals surface area contributed by atoms with Crippen LogP contribution in [0.15, 0.2) is 0 Å². The maximum atomic E-state index is 12.7. The molecule has 1 N–H and O–H groups in total. The highest BCUT2D eigenvalue weighted by Crippen LogP contribution is 2.46. The lowest BCUT2D eigenvalue weighted by Crippen LogP contribution is -2.53. The van der Waals surface area contributed by atoms with Crippen molar-refractivity contribution in [3.05, 3.63) is 0 Å². The SMILES string of the molecule is CCN(CC)CCC1(C2CCCCC2)CCC(=O)NC1=O.Cl. The summed E-state index contributed by atoms with van der Waals surface area (Å²) in [7, 11) is 0. The number of imide groups is 1. The average Bonchev–Trinajstić information content (AvgIpc) is 2.51. The number of hydrogen-bond donors (Lipinski definition) is 1. The van der Waals surface area contributed by atoms with Crippen LogP contribution in [0.2, 0.25) is 0 Å². The van der Waals surface area contributed by atoms with Crippen LogP contribution in [0, 0.1) is 11.3 Å². The number of halogens is 1. The average molecular weight is 331 g/mol. The van der Waals surface area contributed by atoms with Gasteiger partial charge in [-0.3, -0.25) is 14.9 Å². The monoisotopic (exact) mass is 330 g/mol. The van der Waals surface area contributed by atoms with Crippen molar-refractivity contribution in [3.8, 4) is 0 Å². The van der Waals surface area contributed by atoms with E-state index in [1.165, 1.54) is 19.3 Å². The topological polar surface area (TPSA) is 49.4 Å². The first kappa shape index (κ1) is 19.4. The summed E-state index contributed by atoms with van der Waals surface area (Å²) in [5.74, 6) is 0.391. The minimum absolute atomic E-state index is 0. The summed E-state index contributed by atoms with van der Waals surface area (Å²) in [4.78, 5) is 26.6. The zero-order valence-electron chi connectivity index (χ0n) is 14.0. The first-order valence-corrected chi connectivity index (χ1v) is 8.69.